The zero-order valence-corrected chi connectivity index (χ0v) is 17.2. The number of aromatic nitrogens is 1. The Morgan fingerprint density at radius 3 is 2.61 bits per heavy atom. The van der Waals surface area contributed by atoms with Crippen molar-refractivity contribution in [2.45, 2.75) is 58.7 Å². The van der Waals surface area contributed by atoms with E-state index in [0.717, 1.165) is 44.7 Å². The standard InChI is InChI=1S/C21H32N4O3/c1-4-6-20(26)24-10-5-7-17(14-24)21(27)23-18-8-9-19(22-11-18)25-12-15(2)28-16(3)13-25/h8-9,11,15-17H,4-7,10,12-14H2,1-3H3,(H,23,27). The summed E-state index contributed by atoms with van der Waals surface area (Å²) in [5, 5.41) is 2.97. The Kier molecular flexibility index (Phi) is 6.88. The number of rotatable bonds is 5. The van der Waals surface area contributed by atoms with Crippen LogP contribution in [0.2, 0.25) is 0 Å². The molecule has 2 aliphatic rings. The van der Waals surface area contributed by atoms with E-state index in [2.05, 4.69) is 29.0 Å². The van der Waals surface area contributed by atoms with Gasteiger partial charge >= 0.3 is 0 Å². The van der Waals surface area contributed by atoms with Crippen molar-refractivity contribution < 1.29 is 14.3 Å². The molecule has 2 fully saturated rings. The minimum atomic E-state index is -0.157. The maximum absolute atomic E-state index is 12.7. The predicted octanol–water partition coefficient (Wildman–Crippen LogP) is 2.67. The zero-order chi connectivity index (χ0) is 20.1. The fourth-order valence-corrected chi connectivity index (χ4v) is 4.05. The highest BCUT2D eigenvalue weighted by molar-refractivity contribution is 5.93. The molecule has 2 saturated heterocycles. The van der Waals surface area contributed by atoms with E-state index in [-0.39, 0.29) is 29.9 Å². The SMILES string of the molecule is CCCC(=O)N1CCCC(C(=O)Nc2ccc(N3CC(C)OC(C)C3)nc2)C1. The molecule has 2 aliphatic heterocycles. The van der Waals surface area contributed by atoms with Gasteiger partial charge in [0.05, 0.1) is 30.0 Å². The van der Waals surface area contributed by atoms with Crippen LogP contribution in [-0.4, -0.2) is 60.1 Å². The second-order valence-electron chi connectivity index (χ2n) is 7.99. The minimum absolute atomic E-state index is 0.0304. The number of pyridine rings is 1. The van der Waals surface area contributed by atoms with Crippen LogP contribution in [0.15, 0.2) is 18.3 Å². The molecule has 0 saturated carbocycles. The van der Waals surface area contributed by atoms with E-state index in [1.807, 2.05) is 24.0 Å². The lowest BCUT2D eigenvalue weighted by molar-refractivity contribution is -0.134. The van der Waals surface area contributed by atoms with Gasteiger partial charge in [0.25, 0.3) is 0 Å². The molecule has 3 unspecified atom stereocenters. The fraction of sp³-hybridized carbons (Fsp3) is 0.667. The van der Waals surface area contributed by atoms with Crippen LogP contribution in [0.1, 0.15) is 46.5 Å². The van der Waals surface area contributed by atoms with Gasteiger partial charge in [-0.15, -0.1) is 0 Å². The molecule has 0 spiro atoms. The monoisotopic (exact) mass is 388 g/mol. The van der Waals surface area contributed by atoms with E-state index < -0.39 is 0 Å². The molecule has 7 heteroatoms. The molecule has 28 heavy (non-hydrogen) atoms. The van der Waals surface area contributed by atoms with E-state index in [1.165, 1.54) is 0 Å². The minimum Gasteiger partial charge on any atom is -0.372 e. The van der Waals surface area contributed by atoms with Crippen LogP contribution in [0.5, 0.6) is 0 Å². The maximum atomic E-state index is 12.7. The summed E-state index contributed by atoms with van der Waals surface area (Å²) in [6, 6.07) is 3.84. The van der Waals surface area contributed by atoms with Crippen LogP contribution in [0.25, 0.3) is 0 Å². The molecular weight excluding hydrogens is 356 g/mol. The molecule has 154 valence electrons. The summed E-state index contributed by atoms with van der Waals surface area (Å²) in [4.78, 5) is 33.4. The number of amides is 2. The van der Waals surface area contributed by atoms with Gasteiger partial charge in [-0.2, -0.15) is 0 Å². The van der Waals surface area contributed by atoms with Crippen molar-refractivity contribution in [2.24, 2.45) is 5.92 Å². The first-order valence-electron chi connectivity index (χ1n) is 10.4. The molecule has 2 amide bonds. The van der Waals surface area contributed by atoms with Crippen LogP contribution in [0.3, 0.4) is 0 Å². The predicted molar refractivity (Wildman–Crippen MR) is 109 cm³/mol. The van der Waals surface area contributed by atoms with Gasteiger partial charge in [0.1, 0.15) is 5.82 Å². The number of hydrogen-bond acceptors (Lipinski definition) is 5. The molecule has 3 atom stereocenters. The molecule has 1 aromatic rings. The number of piperidine rings is 1. The quantitative estimate of drug-likeness (QED) is 0.839. The van der Waals surface area contributed by atoms with Gasteiger partial charge < -0.3 is 19.9 Å². The highest BCUT2D eigenvalue weighted by atomic mass is 16.5. The Hall–Kier alpha value is -2.15. The number of ether oxygens (including phenoxy) is 1. The zero-order valence-electron chi connectivity index (χ0n) is 17.2. The summed E-state index contributed by atoms with van der Waals surface area (Å²) in [5.74, 6) is 0.862. The Labute approximate surface area is 167 Å². The van der Waals surface area contributed by atoms with Crippen molar-refractivity contribution in [3.63, 3.8) is 0 Å². The Bertz CT molecular complexity index is 669. The Balaban J connectivity index is 1.56. The van der Waals surface area contributed by atoms with Crippen LogP contribution < -0.4 is 10.2 Å². The first-order valence-corrected chi connectivity index (χ1v) is 10.4. The average molecular weight is 389 g/mol. The normalized spacial score (nSPS) is 25.5. The third-order valence-corrected chi connectivity index (χ3v) is 5.37. The van der Waals surface area contributed by atoms with E-state index >= 15 is 0 Å². The second kappa shape index (κ2) is 9.37. The van der Waals surface area contributed by atoms with Crippen molar-refractivity contribution in [2.75, 3.05) is 36.4 Å². The summed E-state index contributed by atoms with van der Waals surface area (Å²) in [6.07, 6.45) is 5.14. The van der Waals surface area contributed by atoms with E-state index in [0.29, 0.717) is 18.7 Å². The summed E-state index contributed by atoms with van der Waals surface area (Å²) in [6.45, 7) is 9.03. The van der Waals surface area contributed by atoms with Crippen molar-refractivity contribution in [3.05, 3.63) is 18.3 Å². The number of carbonyl (C=O) groups is 2. The van der Waals surface area contributed by atoms with Crippen molar-refractivity contribution in [1.29, 1.82) is 0 Å². The third-order valence-electron chi connectivity index (χ3n) is 5.37. The number of likely N-dealkylation sites (tertiary alicyclic amines) is 1. The number of nitrogens with one attached hydrogen (secondary N) is 1. The summed E-state index contributed by atoms with van der Waals surface area (Å²) in [5.41, 5.74) is 0.695. The van der Waals surface area contributed by atoms with Gasteiger partial charge in [-0.25, -0.2) is 4.98 Å². The van der Waals surface area contributed by atoms with E-state index in [4.69, 9.17) is 4.74 Å². The third kappa shape index (κ3) is 5.22. The highest BCUT2D eigenvalue weighted by Crippen LogP contribution is 2.22. The molecule has 1 N–H and O–H groups in total. The van der Waals surface area contributed by atoms with E-state index in [9.17, 15) is 9.59 Å². The smallest absolute Gasteiger partial charge is 0.229 e. The molecule has 0 aromatic carbocycles. The summed E-state index contributed by atoms with van der Waals surface area (Å²) in [7, 11) is 0. The first-order chi connectivity index (χ1) is 13.5. The van der Waals surface area contributed by atoms with Crippen LogP contribution >= 0.6 is 0 Å². The molecule has 0 radical (unpaired) electrons. The molecule has 7 nitrogen and oxygen atoms in total. The van der Waals surface area contributed by atoms with Crippen LogP contribution in [0.4, 0.5) is 11.5 Å². The van der Waals surface area contributed by atoms with Gasteiger partial charge in [0, 0.05) is 32.6 Å². The summed E-state index contributed by atoms with van der Waals surface area (Å²) < 4.78 is 5.77. The lowest BCUT2D eigenvalue weighted by Crippen LogP contribution is -2.45. The Morgan fingerprint density at radius 2 is 1.96 bits per heavy atom. The number of morpholine rings is 1. The number of carbonyl (C=O) groups excluding carboxylic acids is 2. The van der Waals surface area contributed by atoms with Crippen molar-refractivity contribution in [3.8, 4) is 0 Å². The summed E-state index contributed by atoms with van der Waals surface area (Å²) >= 11 is 0. The number of anilines is 2. The molecule has 3 heterocycles. The molecule has 0 bridgehead atoms. The molecule has 1 aromatic heterocycles. The van der Waals surface area contributed by atoms with Gasteiger partial charge in [-0.05, 0) is 45.2 Å². The Morgan fingerprint density at radius 1 is 1.21 bits per heavy atom. The molecule has 0 aliphatic carbocycles. The van der Waals surface area contributed by atoms with Gasteiger partial charge in [-0.3, -0.25) is 9.59 Å². The lowest BCUT2D eigenvalue weighted by atomic mass is 9.96. The van der Waals surface area contributed by atoms with Gasteiger partial charge in [-0.1, -0.05) is 6.92 Å². The largest absolute Gasteiger partial charge is 0.372 e. The van der Waals surface area contributed by atoms with Gasteiger partial charge in [0.15, 0.2) is 0 Å². The number of nitrogens with zero attached hydrogens (tertiary/aromatic N) is 3. The van der Waals surface area contributed by atoms with E-state index in [1.54, 1.807) is 6.20 Å². The first kappa shape index (κ1) is 20.6. The molecular formula is C21H32N4O3. The average Bonchev–Trinajstić information content (AvgIpc) is 2.68. The van der Waals surface area contributed by atoms with Crippen LogP contribution in [0, 0.1) is 5.92 Å². The van der Waals surface area contributed by atoms with Crippen LogP contribution in [-0.2, 0) is 14.3 Å². The van der Waals surface area contributed by atoms with Gasteiger partial charge in [0.2, 0.25) is 11.8 Å². The second-order valence-corrected chi connectivity index (χ2v) is 7.99. The maximum Gasteiger partial charge on any atom is 0.229 e. The lowest BCUT2D eigenvalue weighted by Gasteiger charge is -2.36. The molecule has 3 rings (SSSR count). The van der Waals surface area contributed by atoms with Crippen molar-refractivity contribution in [1.82, 2.24) is 9.88 Å². The highest BCUT2D eigenvalue weighted by Gasteiger charge is 2.28. The fourth-order valence-electron chi connectivity index (χ4n) is 4.05. The topological polar surface area (TPSA) is 74.8 Å². The number of hydrogen-bond donors (Lipinski definition) is 1. The van der Waals surface area contributed by atoms with Crippen molar-refractivity contribution >= 4 is 23.3 Å².